The number of aliphatic imine (C=N–C) groups is 1. The van der Waals surface area contributed by atoms with Crippen LogP contribution in [0.3, 0.4) is 0 Å². The Morgan fingerprint density at radius 1 is 1.26 bits per heavy atom. The Balaban J connectivity index is 0.00000364. The summed E-state index contributed by atoms with van der Waals surface area (Å²) in [6.45, 7) is 10.5. The number of nitrogens with zero attached hydrogens (tertiary/aromatic N) is 3. The van der Waals surface area contributed by atoms with E-state index in [0.29, 0.717) is 18.6 Å². The highest BCUT2D eigenvalue weighted by molar-refractivity contribution is 14.0. The van der Waals surface area contributed by atoms with Gasteiger partial charge in [0.25, 0.3) is 0 Å². The van der Waals surface area contributed by atoms with Gasteiger partial charge in [0.1, 0.15) is 12.4 Å². The largest absolute Gasteiger partial charge is 0.492 e. The van der Waals surface area contributed by atoms with Crippen LogP contribution in [0, 0.1) is 5.92 Å². The molecule has 0 spiro atoms. The van der Waals surface area contributed by atoms with E-state index >= 15 is 0 Å². The van der Waals surface area contributed by atoms with Gasteiger partial charge in [-0.1, -0.05) is 32.0 Å². The Labute approximate surface area is 181 Å². The third kappa shape index (κ3) is 8.23. The number of guanidine groups is 1. The predicted molar refractivity (Wildman–Crippen MR) is 122 cm³/mol. The summed E-state index contributed by atoms with van der Waals surface area (Å²) in [4.78, 5) is 9.05. The molecule has 0 aromatic heterocycles. The number of hydrogen-bond acceptors (Lipinski definition) is 4. The van der Waals surface area contributed by atoms with Crippen LogP contribution in [0.5, 0.6) is 5.75 Å². The number of likely N-dealkylation sites (N-methyl/N-ethyl adjacent to an activating group) is 1. The monoisotopic (exact) mass is 490 g/mol. The average molecular weight is 490 g/mol. The zero-order valence-electron chi connectivity index (χ0n) is 17.1. The molecular formula is C20H35IN4O2. The number of nitrogens with one attached hydrogen (secondary N) is 1. The molecule has 154 valence electrons. The Morgan fingerprint density at radius 3 is 2.52 bits per heavy atom. The molecule has 2 rings (SSSR count). The molecule has 0 radical (unpaired) electrons. The first kappa shape index (κ1) is 24.0. The standard InChI is InChI=1S/C20H34N4O2.HI/c1-17(2)19(24-11-13-25-14-12-24)16-22-20(21-3)23(4)10-15-26-18-8-6-5-7-9-18;/h5-9,17,19H,10-16H2,1-4H3,(H,21,22);1H. The van der Waals surface area contributed by atoms with E-state index in [9.17, 15) is 0 Å². The molecule has 1 fully saturated rings. The maximum absolute atomic E-state index is 5.78. The minimum atomic E-state index is 0. The van der Waals surface area contributed by atoms with E-state index in [1.165, 1.54) is 0 Å². The summed E-state index contributed by atoms with van der Waals surface area (Å²) in [5.41, 5.74) is 0. The molecule has 1 aromatic carbocycles. The fourth-order valence-corrected chi connectivity index (χ4v) is 3.20. The summed E-state index contributed by atoms with van der Waals surface area (Å²) < 4.78 is 11.3. The molecule has 1 unspecified atom stereocenters. The second kappa shape index (κ2) is 13.2. The van der Waals surface area contributed by atoms with Crippen molar-refractivity contribution in [2.24, 2.45) is 10.9 Å². The van der Waals surface area contributed by atoms with Crippen molar-refractivity contribution in [3.63, 3.8) is 0 Å². The van der Waals surface area contributed by atoms with Gasteiger partial charge in [0, 0.05) is 39.8 Å². The van der Waals surface area contributed by atoms with Crippen molar-refractivity contribution in [2.75, 3.05) is 60.1 Å². The van der Waals surface area contributed by atoms with Crippen molar-refractivity contribution < 1.29 is 9.47 Å². The molecule has 1 atom stereocenters. The van der Waals surface area contributed by atoms with Crippen LogP contribution in [0.4, 0.5) is 0 Å². The second-order valence-electron chi connectivity index (χ2n) is 6.97. The smallest absolute Gasteiger partial charge is 0.193 e. The summed E-state index contributed by atoms with van der Waals surface area (Å²) in [6.07, 6.45) is 0. The lowest BCUT2D eigenvalue weighted by Gasteiger charge is -2.37. The average Bonchev–Trinajstić information content (AvgIpc) is 2.66. The first-order valence-corrected chi connectivity index (χ1v) is 9.53. The molecule has 0 saturated carbocycles. The molecule has 1 saturated heterocycles. The summed E-state index contributed by atoms with van der Waals surface area (Å²) >= 11 is 0. The van der Waals surface area contributed by atoms with Gasteiger partial charge in [-0.3, -0.25) is 9.89 Å². The van der Waals surface area contributed by atoms with Gasteiger partial charge >= 0.3 is 0 Å². The minimum absolute atomic E-state index is 0. The maximum atomic E-state index is 5.78. The van der Waals surface area contributed by atoms with Crippen LogP contribution in [-0.2, 0) is 4.74 Å². The Morgan fingerprint density at radius 2 is 1.93 bits per heavy atom. The molecule has 1 aliphatic rings. The van der Waals surface area contributed by atoms with Crippen LogP contribution in [0.2, 0.25) is 0 Å². The summed E-state index contributed by atoms with van der Waals surface area (Å²) in [7, 11) is 3.87. The van der Waals surface area contributed by atoms with E-state index in [1.807, 2.05) is 44.4 Å². The second-order valence-corrected chi connectivity index (χ2v) is 6.97. The van der Waals surface area contributed by atoms with E-state index in [-0.39, 0.29) is 24.0 Å². The van der Waals surface area contributed by atoms with Gasteiger partial charge in [0.05, 0.1) is 19.8 Å². The normalized spacial score (nSPS) is 16.6. The molecule has 1 aromatic rings. The zero-order valence-corrected chi connectivity index (χ0v) is 19.4. The van der Waals surface area contributed by atoms with E-state index in [1.54, 1.807) is 0 Å². The predicted octanol–water partition coefficient (Wildman–Crippen LogP) is 2.55. The van der Waals surface area contributed by atoms with Crippen molar-refractivity contribution >= 4 is 29.9 Å². The van der Waals surface area contributed by atoms with Crippen molar-refractivity contribution in [3.05, 3.63) is 30.3 Å². The number of hydrogen-bond donors (Lipinski definition) is 1. The number of morpholine rings is 1. The molecule has 0 aliphatic carbocycles. The van der Waals surface area contributed by atoms with Crippen LogP contribution >= 0.6 is 24.0 Å². The van der Waals surface area contributed by atoms with E-state index in [0.717, 1.165) is 51.1 Å². The molecule has 7 heteroatoms. The Hall–Kier alpha value is -1.06. The number of ether oxygens (including phenoxy) is 2. The lowest BCUT2D eigenvalue weighted by molar-refractivity contribution is 0.00741. The van der Waals surface area contributed by atoms with E-state index in [4.69, 9.17) is 9.47 Å². The van der Waals surface area contributed by atoms with Gasteiger partial charge in [-0.15, -0.1) is 24.0 Å². The van der Waals surface area contributed by atoms with Crippen molar-refractivity contribution in [1.82, 2.24) is 15.1 Å². The molecule has 0 bridgehead atoms. The van der Waals surface area contributed by atoms with Crippen molar-refractivity contribution in [2.45, 2.75) is 19.9 Å². The quantitative estimate of drug-likeness (QED) is 0.345. The molecule has 27 heavy (non-hydrogen) atoms. The molecular weight excluding hydrogens is 455 g/mol. The van der Waals surface area contributed by atoms with Gasteiger partial charge < -0.3 is 19.7 Å². The number of halogens is 1. The lowest BCUT2D eigenvalue weighted by atomic mass is 10.0. The van der Waals surface area contributed by atoms with Crippen LogP contribution in [0.25, 0.3) is 0 Å². The summed E-state index contributed by atoms with van der Waals surface area (Å²) in [5.74, 6) is 2.38. The first-order chi connectivity index (χ1) is 12.6. The third-order valence-corrected chi connectivity index (χ3v) is 4.77. The summed E-state index contributed by atoms with van der Waals surface area (Å²) in [6, 6.07) is 10.4. The van der Waals surface area contributed by atoms with E-state index < -0.39 is 0 Å². The number of para-hydroxylation sites is 1. The summed E-state index contributed by atoms with van der Waals surface area (Å²) in [5, 5.41) is 3.53. The number of rotatable bonds is 8. The Bertz CT molecular complexity index is 536. The molecule has 1 aliphatic heterocycles. The van der Waals surface area contributed by atoms with Crippen molar-refractivity contribution in [3.8, 4) is 5.75 Å². The van der Waals surface area contributed by atoms with Gasteiger partial charge in [0.2, 0.25) is 0 Å². The van der Waals surface area contributed by atoms with Crippen LogP contribution in [0.15, 0.2) is 35.3 Å². The topological polar surface area (TPSA) is 49.3 Å². The highest BCUT2D eigenvalue weighted by Gasteiger charge is 2.24. The van der Waals surface area contributed by atoms with Gasteiger partial charge in [-0.05, 0) is 18.1 Å². The fraction of sp³-hybridized carbons (Fsp3) is 0.650. The van der Waals surface area contributed by atoms with Crippen molar-refractivity contribution in [1.29, 1.82) is 0 Å². The highest BCUT2D eigenvalue weighted by Crippen LogP contribution is 2.12. The maximum Gasteiger partial charge on any atom is 0.193 e. The molecule has 1 N–H and O–H groups in total. The third-order valence-electron chi connectivity index (χ3n) is 4.77. The minimum Gasteiger partial charge on any atom is -0.492 e. The van der Waals surface area contributed by atoms with Crippen LogP contribution in [0.1, 0.15) is 13.8 Å². The SMILES string of the molecule is CN=C(NCC(C(C)C)N1CCOCC1)N(C)CCOc1ccccc1.I. The molecule has 1 heterocycles. The van der Waals surface area contributed by atoms with Gasteiger partial charge in [-0.25, -0.2) is 0 Å². The zero-order chi connectivity index (χ0) is 18.8. The molecule has 0 amide bonds. The highest BCUT2D eigenvalue weighted by atomic mass is 127. The Kier molecular flexibility index (Phi) is 11.7. The van der Waals surface area contributed by atoms with Crippen LogP contribution < -0.4 is 10.1 Å². The fourth-order valence-electron chi connectivity index (χ4n) is 3.20. The number of benzene rings is 1. The van der Waals surface area contributed by atoms with Gasteiger partial charge in [-0.2, -0.15) is 0 Å². The van der Waals surface area contributed by atoms with Crippen LogP contribution in [-0.4, -0.2) is 81.9 Å². The lowest BCUT2D eigenvalue weighted by Crippen LogP contribution is -2.53. The van der Waals surface area contributed by atoms with Gasteiger partial charge in [0.15, 0.2) is 5.96 Å². The first-order valence-electron chi connectivity index (χ1n) is 9.53. The van der Waals surface area contributed by atoms with E-state index in [2.05, 4.69) is 34.0 Å². The molecule has 6 nitrogen and oxygen atoms in total.